The molecule has 0 aliphatic rings. The van der Waals surface area contributed by atoms with E-state index in [4.69, 9.17) is 4.52 Å². The van der Waals surface area contributed by atoms with Crippen molar-refractivity contribution in [3.63, 3.8) is 0 Å². The van der Waals surface area contributed by atoms with Gasteiger partial charge in [-0.15, -0.1) is 0 Å². The minimum absolute atomic E-state index is 0.348. The summed E-state index contributed by atoms with van der Waals surface area (Å²) in [5, 5.41) is 11.2. The summed E-state index contributed by atoms with van der Waals surface area (Å²) in [5.74, 6) is 1.28. The molecule has 4 nitrogen and oxygen atoms in total. The van der Waals surface area contributed by atoms with Gasteiger partial charge in [0.2, 0.25) is 0 Å². The van der Waals surface area contributed by atoms with Gasteiger partial charge in [-0.25, -0.2) is 0 Å². The summed E-state index contributed by atoms with van der Waals surface area (Å²) < 4.78 is 5.14. The molecule has 1 atom stereocenters. The molecule has 2 rings (SSSR count). The lowest BCUT2D eigenvalue weighted by Gasteiger charge is -2.04. The molecule has 1 unspecified atom stereocenters. The highest BCUT2D eigenvalue weighted by atomic mass is 32.1. The highest BCUT2D eigenvalue weighted by Gasteiger charge is 2.07. The predicted octanol–water partition coefficient (Wildman–Crippen LogP) is 2.45. The summed E-state index contributed by atoms with van der Waals surface area (Å²) in [4.78, 5) is 4.30. The molecule has 0 aromatic carbocycles. The largest absolute Gasteiger partial charge is 0.335 e. The van der Waals surface area contributed by atoms with Crippen molar-refractivity contribution < 1.29 is 4.52 Å². The van der Waals surface area contributed by atoms with Gasteiger partial charge >= 0.3 is 0 Å². The maximum atomic E-state index is 5.14. The van der Waals surface area contributed by atoms with E-state index in [2.05, 4.69) is 27.8 Å². The fourth-order valence-electron chi connectivity index (χ4n) is 1.33. The van der Waals surface area contributed by atoms with Crippen LogP contribution in [-0.4, -0.2) is 23.2 Å². The summed E-state index contributed by atoms with van der Waals surface area (Å²) >= 11 is 1.67. The molecule has 0 saturated heterocycles. The van der Waals surface area contributed by atoms with E-state index >= 15 is 0 Å². The van der Waals surface area contributed by atoms with Gasteiger partial charge in [0.15, 0.2) is 5.82 Å². The van der Waals surface area contributed by atoms with E-state index in [9.17, 15) is 0 Å². The molecule has 5 heteroatoms. The third kappa shape index (κ3) is 3.51. The van der Waals surface area contributed by atoms with Crippen LogP contribution in [0.25, 0.3) is 12.2 Å². The molecular weight excluding hydrogens is 234 g/mol. The van der Waals surface area contributed by atoms with E-state index in [0.717, 1.165) is 17.8 Å². The van der Waals surface area contributed by atoms with E-state index < -0.39 is 0 Å². The van der Waals surface area contributed by atoms with Crippen molar-refractivity contribution in [1.82, 2.24) is 15.5 Å². The first-order valence-electron chi connectivity index (χ1n) is 5.48. The predicted molar refractivity (Wildman–Crippen MR) is 69.8 cm³/mol. The summed E-state index contributed by atoms with van der Waals surface area (Å²) in [5.41, 5.74) is 1.15. The number of likely N-dealkylation sites (N-methyl/N-ethyl adjacent to an activating group) is 1. The molecule has 0 bridgehead atoms. The molecule has 0 spiro atoms. The third-order valence-electron chi connectivity index (χ3n) is 2.43. The number of nitrogens with zero attached hydrogens (tertiary/aromatic N) is 2. The lowest BCUT2D eigenvalue weighted by Crippen LogP contribution is -2.24. The van der Waals surface area contributed by atoms with E-state index in [1.165, 1.54) is 0 Å². The fraction of sp³-hybridized carbons (Fsp3) is 0.333. The number of thiophene rings is 1. The molecule has 2 aromatic rings. The van der Waals surface area contributed by atoms with Gasteiger partial charge in [-0.1, -0.05) is 5.16 Å². The highest BCUT2D eigenvalue weighted by molar-refractivity contribution is 7.08. The van der Waals surface area contributed by atoms with Crippen molar-refractivity contribution in [2.24, 2.45) is 0 Å². The second-order valence-electron chi connectivity index (χ2n) is 3.83. The highest BCUT2D eigenvalue weighted by Crippen LogP contribution is 2.10. The Kier molecular flexibility index (Phi) is 4.06. The van der Waals surface area contributed by atoms with Crippen LogP contribution in [0.5, 0.6) is 0 Å². The molecule has 0 saturated carbocycles. The fourth-order valence-corrected chi connectivity index (χ4v) is 1.96. The topological polar surface area (TPSA) is 51.0 Å². The van der Waals surface area contributed by atoms with Gasteiger partial charge in [0.25, 0.3) is 5.89 Å². The third-order valence-corrected chi connectivity index (χ3v) is 3.13. The number of nitrogens with one attached hydrogen (secondary N) is 1. The molecule has 1 N–H and O–H groups in total. The first-order chi connectivity index (χ1) is 8.28. The molecule has 0 fully saturated rings. The van der Waals surface area contributed by atoms with Crippen molar-refractivity contribution in [3.05, 3.63) is 34.1 Å². The van der Waals surface area contributed by atoms with Crippen LogP contribution in [0.3, 0.4) is 0 Å². The summed E-state index contributed by atoms with van der Waals surface area (Å²) in [6.07, 6.45) is 4.57. The molecule has 2 heterocycles. The Bertz CT molecular complexity index is 476. The van der Waals surface area contributed by atoms with Gasteiger partial charge in [0.05, 0.1) is 0 Å². The van der Waals surface area contributed by atoms with Gasteiger partial charge in [0, 0.05) is 18.5 Å². The Hall–Kier alpha value is -1.46. The molecule has 0 radical (unpaired) electrons. The van der Waals surface area contributed by atoms with Crippen molar-refractivity contribution in [1.29, 1.82) is 0 Å². The SMILES string of the molecule is CNC(C)Cc1noc(/C=C/c2ccsc2)n1. The van der Waals surface area contributed by atoms with Crippen LogP contribution in [0, 0.1) is 0 Å². The Morgan fingerprint density at radius 3 is 3.12 bits per heavy atom. The number of rotatable bonds is 5. The number of aromatic nitrogens is 2. The molecule has 17 heavy (non-hydrogen) atoms. The van der Waals surface area contributed by atoms with Crippen LogP contribution in [0.15, 0.2) is 21.3 Å². The van der Waals surface area contributed by atoms with Crippen molar-refractivity contribution >= 4 is 23.5 Å². The van der Waals surface area contributed by atoms with Crippen molar-refractivity contribution in [3.8, 4) is 0 Å². The van der Waals surface area contributed by atoms with Crippen LogP contribution in [0.1, 0.15) is 24.2 Å². The molecular formula is C12H15N3OS. The lowest BCUT2D eigenvalue weighted by atomic mass is 10.2. The number of hydrogen-bond donors (Lipinski definition) is 1. The quantitative estimate of drug-likeness (QED) is 0.884. The van der Waals surface area contributed by atoms with Crippen molar-refractivity contribution in [2.75, 3.05) is 7.05 Å². The zero-order valence-electron chi connectivity index (χ0n) is 9.88. The molecule has 0 amide bonds. The van der Waals surface area contributed by atoms with E-state index in [1.807, 2.05) is 30.6 Å². The van der Waals surface area contributed by atoms with Crippen LogP contribution in [-0.2, 0) is 6.42 Å². The minimum atomic E-state index is 0.348. The first kappa shape index (κ1) is 12.0. The molecule has 0 aliphatic heterocycles. The molecule has 2 aromatic heterocycles. The average molecular weight is 249 g/mol. The number of hydrogen-bond acceptors (Lipinski definition) is 5. The van der Waals surface area contributed by atoms with Crippen LogP contribution >= 0.6 is 11.3 Å². The second kappa shape index (κ2) is 5.75. The van der Waals surface area contributed by atoms with E-state index in [-0.39, 0.29) is 0 Å². The Morgan fingerprint density at radius 1 is 1.53 bits per heavy atom. The Morgan fingerprint density at radius 2 is 2.41 bits per heavy atom. The second-order valence-corrected chi connectivity index (χ2v) is 4.61. The van der Waals surface area contributed by atoms with Crippen LogP contribution in [0.4, 0.5) is 0 Å². The summed E-state index contributed by atoms with van der Waals surface area (Å²) in [6.45, 7) is 2.08. The van der Waals surface area contributed by atoms with E-state index in [0.29, 0.717) is 11.9 Å². The Labute approximate surface area is 104 Å². The monoisotopic (exact) mass is 249 g/mol. The van der Waals surface area contributed by atoms with Crippen LogP contribution in [0.2, 0.25) is 0 Å². The normalized spacial score (nSPS) is 13.3. The Balaban J connectivity index is 1.99. The van der Waals surface area contributed by atoms with Crippen LogP contribution < -0.4 is 5.32 Å². The van der Waals surface area contributed by atoms with Gasteiger partial charge in [0.1, 0.15) is 0 Å². The zero-order valence-corrected chi connectivity index (χ0v) is 10.7. The van der Waals surface area contributed by atoms with Crippen molar-refractivity contribution in [2.45, 2.75) is 19.4 Å². The zero-order chi connectivity index (χ0) is 12.1. The minimum Gasteiger partial charge on any atom is -0.335 e. The summed E-state index contributed by atoms with van der Waals surface area (Å²) in [6, 6.07) is 2.39. The standard InChI is InChI=1S/C12H15N3OS/c1-9(13-2)7-11-14-12(16-15-11)4-3-10-5-6-17-8-10/h3-6,8-9,13H,7H2,1-2H3/b4-3+. The van der Waals surface area contributed by atoms with Gasteiger partial charge in [-0.3, -0.25) is 0 Å². The maximum Gasteiger partial charge on any atom is 0.250 e. The first-order valence-corrected chi connectivity index (χ1v) is 6.42. The van der Waals surface area contributed by atoms with Gasteiger partial charge in [-0.05, 0) is 42.4 Å². The smallest absolute Gasteiger partial charge is 0.250 e. The van der Waals surface area contributed by atoms with Gasteiger partial charge < -0.3 is 9.84 Å². The van der Waals surface area contributed by atoms with Gasteiger partial charge in [-0.2, -0.15) is 16.3 Å². The maximum absolute atomic E-state index is 5.14. The molecule has 90 valence electrons. The summed E-state index contributed by atoms with van der Waals surface area (Å²) in [7, 11) is 1.92. The lowest BCUT2D eigenvalue weighted by molar-refractivity contribution is 0.400. The average Bonchev–Trinajstić information content (AvgIpc) is 2.97. The van der Waals surface area contributed by atoms with E-state index in [1.54, 1.807) is 11.3 Å². The molecule has 0 aliphatic carbocycles.